The van der Waals surface area contributed by atoms with E-state index in [4.69, 9.17) is 0 Å². The molecule has 1 aromatic carbocycles. The van der Waals surface area contributed by atoms with Crippen molar-refractivity contribution in [2.45, 2.75) is 65.4 Å². The van der Waals surface area contributed by atoms with Crippen molar-refractivity contribution in [3.63, 3.8) is 0 Å². The number of nitrogens with one attached hydrogen (secondary N) is 1. The van der Waals surface area contributed by atoms with E-state index in [1.165, 1.54) is 0 Å². The fourth-order valence-electron chi connectivity index (χ4n) is 3.43. The molecule has 1 fully saturated rings. The third kappa shape index (κ3) is 4.59. The number of benzene rings is 1. The number of aliphatic hydroxyl groups is 1. The Morgan fingerprint density at radius 2 is 1.96 bits per heavy atom. The van der Waals surface area contributed by atoms with Crippen LogP contribution in [-0.2, 0) is 5.60 Å². The molecule has 1 saturated heterocycles. The van der Waals surface area contributed by atoms with Crippen molar-refractivity contribution < 1.29 is 9.90 Å². The number of carbonyl (C=O) groups excluding carboxylic acids is 1. The van der Waals surface area contributed by atoms with Gasteiger partial charge in [-0.3, -0.25) is 4.79 Å². The Bertz CT molecular complexity index is 627. The van der Waals surface area contributed by atoms with Crippen LogP contribution in [0.3, 0.4) is 0 Å². The van der Waals surface area contributed by atoms with Crippen LogP contribution in [0.15, 0.2) is 24.3 Å². The summed E-state index contributed by atoms with van der Waals surface area (Å²) in [5.74, 6) is 0.219. The van der Waals surface area contributed by atoms with Crippen LogP contribution in [0.5, 0.6) is 0 Å². The van der Waals surface area contributed by atoms with Gasteiger partial charge in [-0.25, -0.2) is 0 Å². The van der Waals surface area contributed by atoms with E-state index in [0.29, 0.717) is 12.8 Å². The largest absolute Gasteiger partial charge is 0.385 e. The van der Waals surface area contributed by atoms with Crippen LogP contribution in [-0.4, -0.2) is 24.0 Å². The highest BCUT2D eigenvalue weighted by molar-refractivity contribution is 6.02. The highest BCUT2D eigenvalue weighted by atomic mass is 16.3. The van der Waals surface area contributed by atoms with Gasteiger partial charge in [-0.2, -0.15) is 0 Å². The summed E-state index contributed by atoms with van der Waals surface area (Å²) in [7, 11) is 0. The Morgan fingerprint density at radius 1 is 1.28 bits per heavy atom. The zero-order valence-electron chi connectivity index (χ0n) is 16.2. The first-order chi connectivity index (χ1) is 11.9. The van der Waals surface area contributed by atoms with Crippen LogP contribution >= 0.6 is 0 Å². The quantitative estimate of drug-likeness (QED) is 0.706. The van der Waals surface area contributed by atoms with Gasteiger partial charge >= 0.3 is 0 Å². The lowest BCUT2D eigenvalue weighted by Gasteiger charge is -2.33. The van der Waals surface area contributed by atoms with Crippen LogP contribution in [0.2, 0.25) is 0 Å². The van der Waals surface area contributed by atoms with Crippen LogP contribution in [0, 0.1) is 5.92 Å². The van der Waals surface area contributed by atoms with Gasteiger partial charge in [0.25, 0.3) is 0 Å². The van der Waals surface area contributed by atoms with Crippen molar-refractivity contribution in [2.24, 2.45) is 5.92 Å². The minimum atomic E-state index is -0.789. The summed E-state index contributed by atoms with van der Waals surface area (Å²) in [6, 6.07) is 5.95. The third-order valence-corrected chi connectivity index (χ3v) is 5.48. The first-order valence-corrected chi connectivity index (χ1v) is 9.72. The van der Waals surface area contributed by atoms with Crippen LogP contribution in [0.4, 0.5) is 0 Å². The lowest BCUT2D eigenvalue weighted by molar-refractivity contribution is 0.00589. The second-order valence-electron chi connectivity index (χ2n) is 7.39. The molecule has 138 valence electrons. The fraction of sp³-hybridized carbons (Fsp3) is 0.591. The lowest BCUT2D eigenvalue weighted by atomic mass is 9.81. The molecule has 0 amide bonds. The molecule has 0 saturated carbocycles. The van der Waals surface area contributed by atoms with Gasteiger partial charge in [0.2, 0.25) is 0 Å². The van der Waals surface area contributed by atoms with Crippen LogP contribution in [0.25, 0.3) is 5.57 Å². The minimum absolute atomic E-state index is 0.0190. The van der Waals surface area contributed by atoms with E-state index >= 15 is 0 Å². The minimum Gasteiger partial charge on any atom is -0.385 e. The summed E-state index contributed by atoms with van der Waals surface area (Å²) in [6.07, 6.45) is 6.56. The van der Waals surface area contributed by atoms with E-state index in [0.717, 1.165) is 54.6 Å². The van der Waals surface area contributed by atoms with Crippen molar-refractivity contribution in [3.05, 3.63) is 41.0 Å². The molecule has 3 nitrogen and oxygen atoms in total. The molecular weight excluding hydrogens is 310 g/mol. The Labute approximate surface area is 152 Å². The average Bonchev–Trinajstić information content (AvgIpc) is 2.64. The number of carbonyl (C=O) groups is 1. The maximum absolute atomic E-state index is 12.8. The predicted octanol–water partition coefficient (Wildman–Crippen LogP) is 4.69. The fourth-order valence-corrected chi connectivity index (χ4v) is 3.43. The van der Waals surface area contributed by atoms with Crippen molar-refractivity contribution in [1.29, 1.82) is 0 Å². The van der Waals surface area contributed by atoms with Gasteiger partial charge in [0.15, 0.2) is 5.78 Å². The Kier molecular flexibility index (Phi) is 6.97. The first-order valence-electron chi connectivity index (χ1n) is 9.72. The molecule has 25 heavy (non-hydrogen) atoms. The first kappa shape index (κ1) is 19.9. The highest BCUT2D eigenvalue weighted by Gasteiger charge is 2.32. The molecule has 1 unspecified atom stereocenters. The Morgan fingerprint density at radius 3 is 2.56 bits per heavy atom. The lowest BCUT2D eigenvalue weighted by Crippen LogP contribution is -2.39. The van der Waals surface area contributed by atoms with Gasteiger partial charge in [0.05, 0.1) is 5.60 Å². The van der Waals surface area contributed by atoms with E-state index < -0.39 is 5.60 Å². The van der Waals surface area contributed by atoms with E-state index in [9.17, 15) is 9.90 Å². The molecule has 1 aromatic rings. The summed E-state index contributed by atoms with van der Waals surface area (Å²) in [4.78, 5) is 12.8. The summed E-state index contributed by atoms with van der Waals surface area (Å²) in [5.41, 5.74) is 3.06. The van der Waals surface area contributed by atoms with Crippen molar-refractivity contribution >= 4 is 11.4 Å². The average molecular weight is 344 g/mol. The normalized spacial score (nSPS) is 18.8. The van der Waals surface area contributed by atoms with Crippen molar-refractivity contribution in [1.82, 2.24) is 5.32 Å². The summed E-state index contributed by atoms with van der Waals surface area (Å²) >= 11 is 0. The van der Waals surface area contributed by atoms with Gasteiger partial charge in [0, 0.05) is 11.5 Å². The zero-order chi connectivity index (χ0) is 18.4. The van der Waals surface area contributed by atoms with E-state index in [1.54, 1.807) is 0 Å². The third-order valence-electron chi connectivity index (χ3n) is 5.48. The number of rotatable bonds is 7. The maximum atomic E-state index is 12.8. The number of unbranched alkanes of at least 4 members (excludes halogenated alkanes) is 1. The summed E-state index contributed by atoms with van der Waals surface area (Å²) in [6.45, 7) is 9.92. The van der Waals surface area contributed by atoms with Gasteiger partial charge in [-0.15, -0.1) is 0 Å². The zero-order valence-corrected chi connectivity index (χ0v) is 16.2. The molecule has 1 aliphatic rings. The second-order valence-corrected chi connectivity index (χ2v) is 7.39. The molecule has 1 aliphatic heterocycles. The molecule has 1 atom stereocenters. The molecular formula is C22H33NO2. The maximum Gasteiger partial charge on any atom is 0.166 e. The molecule has 0 aromatic heterocycles. The van der Waals surface area contributed by atoms with Crippen molar-refractivity contribution in [3.8, 4) is 0 Å². The topological polar surface area (TPSA) is 49.3 Å². The standard InChI is InChI=1S/C22H33NO2/c1-5-7-8-17(4)20-15-18(22(25)11-13-23-14-12-22)9-10-19(20)21(24)16(3)6-2/h8-10,15-16,23,25H,5-7,11-14H2,1-4H3/b17-8+. The number of hydrogen-bond donors (Lipinski definition) is 2. The van der Waals surface area contributed by atoms with E-state index in [2.05, 4.69) is 31.3 Å². The number of Topliss-reactive ketones (excluding diaryl/α,β-unsaturated/α-hetero) is 1. The van der Waals surface area contributed by atoms with Crippen molar-refractivity contribution in [2.75, 3.05) is 13.1 Å². The molecule has 3 heteroatoms. The monoisotopic (exact) mass is 343 g/mol. The summed E-state index contributed by atoms with van der Waals surface area (Å²) < 4.78 is 0. The molecule has 0 spiro atoms. The van der Waals surface area contributed by atoms with E-state index in [1.807, 2.05) is 26.0 Å². The van der Waals surface area contributed by atoms with Gasteiger partial charge < -0.3 is 10.4 Å². The van der Waals surface area contributed by atoms with Gasteiger partial charge in [-0.05, 0) is 68.5 Å². The number of allylic oxidation sites excluding steroid dienone is 2. The van der Waals surface area contributed by atoms with Crippen LogP contribution in [0.1, 0.15) is 81.3 Å². The van der Waals surface area contributed by atoms with E-state index in [-0.39, 0.29) is 11.7 Å². The molecule has 1 heterocycles. The Balaban J connectivity index is 2.48. The molecule has 2 rings (SSSR count). The number of piperidine rings is 1. The van der Waals surface area contributed by atoms with Crippen LogP contribution < -0.4 is 5.32 Å². The molecule has 0 bridgehead atoms. The number of hydrogen-bond acceptors (Lipinski definition) is 3. The molecule has 0 radical (unpaired) electrons. The van der Waals surface area contributed by atoms with Gasteiger partial charge in [-0.1, -0.05) is 45.4 Å². The second kappa shape index (κ2) is 8.77. The summed E-state index contributed by atoms with van der Waals surface area (Å²) in [5, 5.41) is 14.4. The SMILES string of the molecule is CCC/C=C(\C)c1cc(C2(O)CCNCC2)ccc1C(=O)C(C)CC. The van der Waals surface area contributed by atoms with Gasteiger partial charge in [0.1, 0.15) is 0 Å². The molecule has 2 N–H and O–H groups in total. The number of ketones is 1. The predicted molar refractivity (Wildman–Crippen MR) is 105 cm³/mol. The highest BCUT2D eigenvalue weighted by Crippen LogP contribution is 2.34. The Hall–Kier alpha value is -1.45. The molecule has 0 aliphatic carbocycles. The smallest absolute Gasteiger partial charge is 0.166 e.